The molecule has 0 aliphatic rings. The van der Waals surface area contributed by atoms with E-state index in [0.717, 1.165) is 12.7 Å². The number of amides is 2. The predicted octanol–water partition coefficient (Wildman–Crippen LogP) is 3.18. The summed E-state index contributed by atoms with van der Waals surface area (Å²) in [6.07, 6.45) is 2.13. The second kappa shape index (κ2) is 9.61. The van der Waals surface area contributed by atoms with Gasteiger partial charge in [0.25, 0.3) is 0 Å². The number of nitrogens with one attached hydrogen (secondary N) is 2. The van der Waals surface area contributed by atoms with Crippen LogP contribution in [0, 0.1) is 0 Å². The van der Waals surface area contributed by atoms with Crippen LogP contribution in [0.1, 0.15) is 19.8 Å². The minimum Gasteiger partial charge on any atom is -0.383 e. The van der Waals surface area contributed by atoms with Crippen LogP contribution in [0.15, 0.2) is 48.5 Å². The standard InChI is InChI=1S/C18H22N2O7S2/c1-3-4-11-29(24,25)27-17-10-6-8-15(13-17)20-18(21)19-14-7-5-9-16(12-14)26-28(2,22)23/h5-10,12-13H,3-4,11H2,1-2H3,(H2,19,20,21). The molecule has 0 fully saturated rings. The zero-order valence-electron chi connectivity index (χ0n) is 15.9. The van der Waals surface area contributed by atoms with E-state index in [4.69, 9.17) is 8.37 Å². The van der Waals surface area contributed by atoms with Crippen molar-refractivity contribution in [3.8, 4) is 11.5 Å². The molecule has 29 heavy (non-hydrogen) atoms. The van der Waals surface area contributed by atoms with Crippen molar-refractivity contribution < 1.29 is 30.0 Å². The van der Waals surface area contributed by atoms with Crippen LogP contribution in [0.4, 0.5) is 16.2 Å². The van der Waals surface area contributed by atoms with Gasteiger partial charge < -0.3 is 19.0 Å². The van der Waals surface area contributed by atoms with Crippen LogP contribution in [0.3, 0.4) is 0 Å². The van der Waals surface area contributed by atoms with Crippen LogP contribution in [-0.4, -0.2) is 34.9 Å². The highest BCUT2D eigenvalue weighted by molar-refractivity contribution is 7.87. The Hall–Kier alpha value is -2.79. The summed E-state index contributed by atoms with van der Waals surface area (Å²) in [6, 6.07) is 11.2. The van der Waals surface area contributed by atoms with Crippen molar-refractivity contribution in [1.29, 1.82) is 0 Å². The number of rotatable bonds is 9. The summed E-state index contributed by atoms with van der Waals surface area (Å²) in [4.78, 5) is 12.2. The summed E-state index contributed by atoms with van der Waals surface area (Å²) in [6.45, 7) is 1.88. The highest BCUT2D eigenvalue weighted by Gasteiger charge is 2.13. The first-order chi connectivity index (χ1) is 13.6. The molecule has 0 aromatic heterocycles. The minimum absolute atomic E-state index is 0.0537. The smallest absolute Gasteiger partial charge is 0.323 e. The van der Waals surface area contributed by atoms with Crippen LogP contribution in [0.2, 0.25) is 0 Å². The molecule has 0 heterocycles. The van der Waals surface area contributed by atoms with E-state index in [0.29, 0.717) is 17.8 Å². The van der Waals surface area contributed by atoms with Crippen molar-refractivity contribution in [2.24, 2.45) is 0 Å². The Morgan fingerprint density at radius 3 is 1.90 bits per heavy atom. The molecule has 0 radical (unpaired) electrons. The third-order valence-electron chi connectivity index (χ3n) is 3.40. The number of carbonyl (C=O) groups is 1. The van der Waals surface area contributed by atoms with E-state index < -0.39 is 26.3 Å². The first kappa shape index (κ1) is 22.5. The molecule has 11 heteroatoms. The Bertz CT molecular complexity index is 1070. The Kier molecular flexibility index (Phi) is 7.46. The van der Waals surface area contributed by atoms with Gasteiger partial charge in [-0.05, 0) is 30.7 Å². The molecule has 9 nitrogen and oxygen atoms in total. The Balaban J connectivity index is 2.02. The van der Waals surface area contributed by atoms with E-state index in [1.807, 2.05) is 6.92 Å². The average molecular weight is 443 g/mol. The van der Waals surface area contributed by atoms with Crippen molar-refractivity contribution in [2.45, 2.75) is 19.8 Å². The number of urea groups is 1. The molecule has 0 aliphatic heterocycles. The summed E-state index contributed by atoms with van der Waals surface area (Å²) in [5.74, 6) is 0.0495. The van der Waals surface area contributed by atoms with Crippen molar-refractivity contribution in [3.63, 3.8) is 0 Å². The SMILES string of the molecule is CCCCS(=O)(=O)Oc1cccc(NC(=O)Nc2cccc(OS(C)(=O)=O)c2)c1. The minimum atomic E-state index is -3.70. The lowest BCUT2D eigenvalue weighted by Gasteiger charge is -2.11. The summed E-state index contributed by atoms with van der Waals surface area (Å²) in [5.41, 5.74) is 0.618. The number of anilines is 2. The molecular weight excluding hydrogens is 420 g/mol. The summed E-state index contributed by atoms with van der Waals surface area (Å²) < 4.78 is 55.9. The van der Waals surface area contributed by atoms with Crippen molar-refractivity contribution in [3.05, 3.63) is 48.5 Å². The van der Waals surface area contributed by atoms with Gasteiger partial charge in [-0.25, -0.2) is 4.79 Å². The van der Waals surface area contributed by atoms with Crippen LogP contribution < -0.4 is 19.0 Å². The monoisotopic (exact) mass is 442 g/mol. The Morgan fingerprint density at radius 2 is 1.41 bits per heavy atom. The zero-order chi connectivity index (χ0) is 21.5. The fourth-order valence-electron chi connectivity index (χ4n) is 2.23. The molecule has 0 unspecified atom stereocenters. The quantitative estimate of drug-likeness (QED) is 0.571. The molecule has 158 valence electrons. The van der Waals surface area contributed by atoms with Gasteiger partial charge in [0.1, 0.15) is 11.5 Å². The maximum atomic E-state index is 12.2. The largest absolute Gasteiger partial charge is 0.383 e. The van der Waals surface area contributed by atoms with E-state index in [1.165, 1.54) is 30.3 Å². The van der Waals surface area contributed by atoms with Gasteiger partial charge in [0.2, 0.25) is 0 Å². The molecule has 2 amide bonds. The van der Waals surface area contributed by atoms with Crippen LogP contribution >= 0.6 is 0 Å². The van der Waals surface area contributed by atoms with Crippen molar-refractivity contribution in [1.82, 2.24) is 0 Å². The number of hydrogen-bond donors (Lipinski definition) is 2. The van der Waals surface area contributed by atoms with Crippen LogP contribution in [0.5, 0.6) is 11.5 Å². The molecule has 2 aromatic carbocycles. The van der Waals surface area contributed by atoms with E-state index in [9.17, 15) is 21.6 Å². The third-order valence-corrected chi connectivity index (χ3v) is 5.13. The first-order valence-electron chi connectivity index (χ1n) is 8.66. The fourth-order valence-corrected chi connectivity index (χ4v) is 3.80. The molecule has 2 rings (SSSR count). The summed E-state index contributed by atoms with van der Waals surface area (Å²) in [5, 5.41) is 5.07. The van der Waals surface area contributed by atoms with Gasteiger partial charge in [0.05, 0.1) is 12.0 Å². The molecule has 2 aromatic rings. The lowest BCUT2D eigenvalue weighted by atomic mass is 10.3. The number of unbranched alkanes of at least 4 members (excludes halogenated alkanes) is 1. The molecule has 0 atom stereocenters. The van der Waals surface area contributed by atoms with Crippen molar-refractivity contribution in [2.75, 3.05) is 22.6 Å². The van der Waals surface area contributed by atoms with Gasteiger partial charge >= 0.3 is 26.3 Å². The van der Waals surface area contributed by atoms with Gasteiger partial charge in [-0.2, -0.15) is 16.8 Å². The highest BCUT2D eigenvalue weighted by Crippen LogP contribution is 2.21. The summed E-state index contributed by atoms with van der Waals surface area (Å²) in [7, 11) is -7.39. The molecular formula is C18H22N2O7S2. The predicted molar refractivity (Wildman–Crippen MR) is 110 cm³/mol. The lowest BCUT2D eigenvalue weighted by molar-refractivity contribution is 0.262. The van der Waals surface area contributed by atoms with Crippen molar-refractivity contribution >= 4 is 37.6 Å². The highest BCUT2D eigenvalue weighted by atomic mass is 32.2. The number of hydrogen-bond acceptors (Lipinski definition) is 7. The van der Waals surface area contributed by atoms with Crippen LogP contribution in [0.25, 0.3) is 0 Å². The van der Waals surface area contributed by atoms with Crippen LogP contribution in [-0.2, 0) is 20.2 Å². The fraction of sp³-hybridized carbons (Fsp3) is 0.278. The van der Waals surface area contributed by atoms with Gasteiger partial charge in [-0.3, -0.25) is 0 Å². The average Bonchev–Trinajstić information content (AvgIpc) is 2.58. The van der Waals surface area contributed by atoms with E-state index in [-0.39, 0.29) is 17.3 Å². The Labute approximate surface area is 170 Å². The van der Waals surface area contributed by atoms with E-state index in [1.54, 1.807) is 18.2 Å². The van der Waals surface area contributed by atoms with E-state index in [2.05, 4.69) is 10.6 Å². The molecule has 0 aliphatic carbocycles. The topological polar surface area (TPSA) is 128 Å². The lowest BCUT2D eigenvalue weighted by Crippen LogP contribution is -2.19. The molecule has 0 bridgehead atoms. The first-order valence-corrected chi connectivity index (χ1v) is 12.1. The molecule has 0 saturated heterocycles. The van der Waals surface area contributed by atoms with Gasteiger partial charge in [0, 0.05) is 23.5 Å². The molecule has 0 spiro atoms. The second-order valence-corrected chi connectivity index (χ2v) is 9.39. The van der Waals surface area contributed by atoms with Gasteiger partial charge in [-0.15, -0.1) is 0 Å². The second-order valence-electron chi connectivity index (χ2n) is 6.12. The maximum absolute atomic E-state index is 12.2. The maximum Gasteiger partial charge on any atom is 0.323 e. The Morgan fingerprint density at radius 1 is 0.897 bits per heavy atom. The normalized spacial score (nSPS) is 11.5. The summed E-state index contributed by atoms with van der Waals surface area (Å²) >= 11 is 0. The molecule has 2 N–H and O–H groups in total. The van der Waals surface area contributed by atoms with E-state index >= 15 is 0 Å². The van der Waals surface area contributed by atoms with Gasteiger partial charge in [-0.1, -0.05) is 25.5 Å². The number of benzene rings is 2. The zero-order valence-corrected chi connectivity index (χ0v) is 17.5. The van der Waals surface area contributed by atoms with Gasteiger partial charge in [0.15, 0.2) is 0 Å². The molecule has 0 saturated carbocycles. The number of carbonyl (C=O) groups excluding carboxylic acids is 1. The third kappa shape index (κ3) is 8.40.